The van der Waals surface area contributed by atoms with Crippen molar-refractivity contribution in [2.24, 2.45) is 0 Å². The average Bonchev–Trinajstić information content (AvgIpc) is 2.29. The summed E-state index contributed by atoms with van der Waals surface area (Å²) >= 11 is 21.2. The van der Waals surface area contributed by atoms with E-state index in [9.17, 15) is 0 Å². The van der Waals surface area contributed by atoms with E-state index in [1.165, 1.54) is 0 Å². The Morgan fingerprint density at radius 1 is 0.944 bits per heavy atom. The summed E-state index contributed by atoms with van der Waals surface area (Å²) in [6.07, 6.45) is 0. The van der Waals surface area contributed by atoms with E-state index in [1.807, 2.05) is 30.3 Å². The normalized spacial score (nSPS) is 10.4. The van der Waals surface area contributed by atoms with Gasteiger partial charge in [-0.2, -0.15) is 0 Å². The SMILES string of the molecule is Clc1cc(Cl)cc(CNc2ccc(Cl)c(Br)c2)c1. The molecule has 0 aliphatic rings. The van der Waals surface area contributed by atoms with Gasteiger partial charge in [0.2, 0.25) is 0 Å². The highest BCUT2D eigenvalue weighted by molar-refractivity contribution is 9.10. The molecular formula is C13H9BrCl3N. The zero-order valence-electron chi connectivity index (χ0n) is 9.18. The summed E-state index contributed by atoms with van der Waals surface area (Å²) in [5, 5.41) is 5.24. The average molecular weight is 365 g/mol. The van der Waals surface area contributed by atoms with E-state index in [2.05, 4.69) is 21.2 Å². The first-order valence-corrected chi connectivity index (χ1v) is 7.11. The summed E-state index contributed by atoms with van der Waals surface area (Å²) in [5.41, 5.74) is 2.00. The van der Waals surface area contributed by atoms with Gasteiger partial charge in [-0.1, -0.05) is 34.8 Å². The highest BCUT2D eigenvalue weighted by atomic mass is 79.9. The summed E-state index contributed by atoms with van der Waals surface area (Å²) in [6.45, 7) is 0.647. The van der Waals surface area contributed by atoms with E-state index < -0.39 is 0 Å². The number of benzene rings is 2. The monoisotopic (exact) mass is 363 g/mol. The molecule has 0 spiro atoms. The van der Waals surface area contributed by atoms with Crippen LogP contribution >= 0.6 is 50.7 Å². The highest BCUT2D eigenvalue weighted by Gasteiger charge is 2.01. The molecule has 0 aliphatic heterocycles. The van der Waals surface area contributed by atoms with Crippen LogP contribution in [-0.4, -0.2) is 0 Å². The zero-order valence-corrected chi connectivity index (χ0v) is 13.0. The van der Waals surface area contributed by atoms with Crippen molar-refractivity contribution in [3.05, 3.63) is 61.5 Å². The minimum Gasteiger partial charge on any atom is -0.381 e. The van der Waals surface area contributed by atoms with Crippen molar-refractivity contribution >= 4 is 56.4 Å². The van der Waals surface area contributed by atoms with Gasteiger partial charge in [-0.25, -0.2) is 0 Å². The second kappa shape index (κ2) is 6.16. The van der Waals surface area contributed by atoms with Crippen LogP contribution in [0.15, 0.2) is 40.9 Å². The fourth-order valence-corrected chi connectivity index (χ4v) is 2.59. The lowest BCUT2D eigenvalue weighted by atomic mass is 10.2. The van der Waals surface area contributed by atoms with Crippen LogP contribution in [0.2, 0.25) is 15.1 Å². The Bertz CT molecular complexity index is 552. The van der Waals surface area contributed by atoms with Gasteiger partial charge in [0.25, 0.3) is 0 Å². The molecule has 2 rings (SSSR count). The molecule has 2 aromatic rings. The highest BCUT2D eigenvalue weighted by Crippen LogP contribution is 2.26. The summed E-state index contributed by atoms with van der Waals surface area (Å²) in [4.78, 5) is 0. The number of nitrogens with one attached hydrogen (secondary N) is 1. The molecule has 0 unspecified atom stereocenters. The summed E-state index contributed by atoms with van der Waals surface area (Å²) in [6, 6.07) is 11.1. The first-order valence-electron chi connectivity index (χ1n) is 5.18. The van der Waals surface area contributed by atoms with Gasteiger partial charge in [0.05, 0.1) is 5.02 Å². The van der Waals surface area contributed by atoms with E-state index in [4.69, 9.17) is 34.8 Å². The minimum absolute atomic E-state index is 0.636. The Kier molecular flexibility index (Phi) is 4.79. The van der Waals surface area contributed by atoms with Gasteiger partial charge < -0.3 is 5.32 Å². The molecule has 0 aromatic heterocycles. The molecule has 1 N–H and O–H groups in total. The van der Waals surface area contributed by atoms with Crippen molar-refractivity contribution in [3.63, 3.8) is 0 Å². The molecule has 0 atom stereocenters. The molecule has 0 amide bonds. The molecular weight excluding hydrogens is 356 g/mol. The van der Waals surface area contributed by atoms with Gasteiger partial charge in [-0.05, 0) is 57.9 Å². The third-order valence-corrected chi connectivity index (χ3v) is 3.99. The minimum atomic E-state index is 0.636. The topological polar surface area (TPSA) is 12.0 Å². The van der Waals surface area contributed by atoms with Gasteiger partial charge in [0.1, 0.15) is 0 Å². The molecule has 0 heterocycles. The summed E-state index contributed by atoms with van der Waals surface area (Å²) in [5.74, 6) is 0. The van der Waals surface area contributed by atoms with Crippen LogP contribution in [0.1, 0.15) is 5.56 Å². The van der Waals surface area contributed by atoms with Crippen LogP contribution in [0.5, 0.6) is 0 Å². The van der Waals surface area contributed by atoms with E-state index in [0.29, 0.717) is 21.6 Å². The quantitative estimate of drug-likeness (QED) is 0.701. The van der Waals surface area contributed by atoms with Crippen LogP contribution in [0.4, 0.5) is 5.69 Å². The summed E-state index contributed by atoms with van der Waals surface area (Å²) in [7, 11) is 0. The molecule has 0 saturated heterocycles. The third-order valence-electron chi connectivity index (χ3n) is 2.34. The van der Waals surface area contributed by atoms with Crippen LogP contribution in [0.25, 0.3) is 0 Å². The molecule has 18 heavy (non-hydrogen) atoms. The van der Waals surface area contributed by atoms with Crippen LogP contribution in [-0.2, 0) is 6.54 Å². The lowest BCUT2D eigenvalue weighted by Gasteiger charge is -2.08. The smallest absolute Gasteiger partial charge is 0.0549 e. The number of hydrogen-bond acceptors (Lipinski definition) is 1. The van der Waals surface area contributed by atoms with Gasteiger partial charge in [-0.3, -0.25) is 0 Å². The lowest BCUT2D eigenvalue weighted by Crippen LogP contribution is -1.99. The predicted octanol–water partition coefficient (Wildman–Crippen LogP) is 6.02. The molecule has 5 heteroatoms. The predicted molar refractivity (Wildman–Crippen MR) is 82.9 cm³/mol. The third kappa shape index (κ3) is 3.79. The molecule has 0 bridgehead atoms. The maximum atomic E-state index is 5.94. The first-order chi connectivity index (χ1) is 8.54. The lowest BCUT2D eigenvalue weighted by molar-refractivity contribution is 1.15. The second-order valence-corrected chi connectivity index (χ2v) is 5.89. The molecule has 2 aromatic carbocycles. The number of anilines is 1. The fraction of sp³-hybridized carbons (Fsp3) is 0.0769. The zero-order chi connectivity index (χ0) is 13.1. The van der Waals surface area contributed by atoms with Crippen LogP contribution in [0.3, 0.4) is 0 Å². The molecule has 0 aliphatic carbocycles. The fourth-order valence-electron chi connectivity index (χ4n) is 1.52. The maximum Gasteiger partial charge on any atom is 0.0549 e. The number of rotatable bonds is 3. The van der Waals surface area contributed by atoms with Crippen molar-refractivity contribution in [2.75, 3.05) is 5.32 Å². The maximum absolute atomic E-state index is 5.94. The van der Waals surface area contributed by atoms with Gasteiger partial charge in [0.15, 0.2) is 0 Å². The van der Waals surface area contributed by atoms with Gasteiger partial charge in [0, 0.05) is 26.8 Å². The molecule has 1 nitrogen and oxygen atoms in total. The Morgan fingerprint density at radius 3 is 2.22 bits per heavy atom. The van der Waals surface area contributed by atoms with E-state index in [0.717, 1.165) is 15.7 Å². The molecule has 0 saturated carbocycles. The van der Waals surface area contributed by atoms with Gasteiger partial charge in [-0.15, -0.1) is 0 Å². The van der Waals surface area contributed by atoms with E-state index in [-0.39, 0.29) is 0 Å². The van der Waals surface area contributed by atoms with Gasteiger partial charge >= 0.3 is 0 Å². The molecule has 0 radical (unpaired) electrons. The first kappa shape index (κ1) is 14.0. The van der Waals surface area contributed by atoms with Crippen molar-refractivity contribution in [1.29, 1.82) is 0 Å². The Labute approximate surface area is 129 Å². The summed E-state index contributed by atoms with van der Waals surface area (Å²) < 4.78 is 0.860. The van der Waals surface area contributed by atoms with Crippen LogP contribution < -0.4 is 5.32 Å². The van der Waals surface area contributed by atoms with E-state index in [1.54, 1.807) is 6.07 Å². The van der Waals surface area contributed by atoms with Crippen molar-refractivity contribution in [2.45, 2.75) is 6.54 Å². The van der Waals surface area contributed by atoms with E-state index >= 15 is 0 Å². The van der Waals surface area contributed by atoms with Crippen molar-refractivity contribution < 1.29 is 0 Å². The van der Waals surface area contributed by atoms with Crippen molar-refractivity contribution in [3.8, 4) is 0 Å². The van der Waals surface area contributed by atoms with Crippen LogP contribution in [0, 0.1) is 0 Å². The number of halogens is 4. The largest absolute Gasteiger partial charge is 0.381 e. The Balaban J connectivity index is 2.08. The molecule has 94 valence electrons. The molecule has 0 fully saturated rings. The Morgan fingerprint density at radius 2 is 1.61 bits per heavy atom. The van der Waals surface area contributed by atoms with Crippen molar-refractivity contribution in [1.82, 2.24) is 0 Å². The number of hydrogen-bond donors (Lipinski definition) is 1. The standard InChI is InChI=1S/C13H9BrCl3N/c14-12-6-11(1-2-13(12)17)18-7-8-3-9(15)5-10(16)4-8/h1-6,18H,7H2. The second-order valence-electron chi connectivity index (χ2n) is 3.76. The Hall–Kier alpha value is -0.410.